The zero-order valence-corrected chi connectivity index (χ0v) is 9.21. The zero-order chi connectivity index (χ0) is 10.0. The van der Waals surface area contributed by atoms with E-state index >= 15 is 0 Å². The van der Waals surface area contributed by atoms with Crippen LogP contribution in [-0.2, 0) is 4.79 Å². The molecule has 0 bridgehead atoms. The maximum absolute atomic E-state index is 11.5. The van der Waals surface area contributed by atoms with Crippen molar-refractivity contribution in [1.29, 1.82) is 0 Å². The Labute approximate surface area is 81.3 Å². The highest BCUT2D eigenvalue weighted by atomic mass is 16.1. The topological polar surface area (TPSA) is 20.3 Å². The second kappa shape index (κ2) is 4.23. The first-order valence-electron chi connectivity index (χ1n) is 5.25. The van der Waals surface area contributed by atoms with Gasteiger partial charge in [0.1, 0.15) is 5.78 Å². The molecule has 0 amide bonds. The van der Waals surface area contributed by atoms with Crippen LogP contribution in [0.25, 0.3) is 0 Å². The highest BCUT2D eigenvalue weighted by molar-refractivity contribution is 5.82. The van der Waals surface area contributed by atoms with E-state index < -0.39 is 0 Å². The number of hydrogen-bond acceptors (Lipinski definition) is 2. The van der Waals surface area contributed by atoms with Gasteiger partial charge in [-0.05, 0) is 32.7 Å². The SMILES string of the molecule is CC(C)C(=O)CN(C)C(C)C1CC1. The lowest BCUT2D eigenvalue weighted by atomic mass is 10.1. The van der Waals surface area contributed by atoms with Gasteiger partial charge < -0.3 is 0 Å². The molecule has 1 rings (SSSR count). The summed E-state index contributed by atoms with van der Waals surface area (Å²) in [7, 11) is 2.06. The summed E-state index contributed by atoms with van der Waals surface area (Å²) in [6.07, 6.45) is 2.70. The minimum Gasteiger partial charge on any atom is -0.298 e. The Kier molecular flexibility index (Phi) is 3.48. The second-order valence-corrected chi connectivity index (χ2v) is 4.61. The molecule has 1 unspecified atom stereocenters. The number of likely N-dealkylation sites (N-methyl/N-ethyl adjacent to an activating group) is 1. The Bertz CT molecular complexity index is 185. The molecule has 0 heterocycles. The van der Waals surface area contributed by atoms with Gasteiger partial charge in [-0.2, -0.15) is 0 Å². The summed E-state index contributed by atoms with van der Waals surface area (Å²) in [4.78, 5) is 13.7. The van der Waals surface area contributed by atoms with Crippen molar-refractivity contribution in [2.24, 2.45) is 11.8 Å². The molecular formula is C11H21NO. The molecule has 0 aliphatic heterocycles. The molecule has 76 valence electrons. The average Bonchev–Trinajstić information content (AvgIpc) is 2.85. The normalized spacial score (nSPS) is 19.5. The van der Waals surface area contributed by atoms with E-state index in [0.717, 1.165) is 5.92 Å². The van der Waals surface area contributed by atoms with Crippen LogP contribution < -0.4 is 0 Å². The summed E-state index contributed by atoms with van der Waals surface area (Å²) < 4.78 is 0. The highest BCUT2D eigenvalue weighted by Gasteiger charge is 2.31. The van der Waals surface area contributed by atoms with Gasteiger partial charge in [-0.3, -0.25) is 9.69 Å². The Morgan fingerprint density at radius 3 is 2.31 bits per heavy atom. The van der Waals surface area contributed by atoms with E-state index in [1.165, 1.54) is 12.8 Å². The number of rotatable bonds is 5. The fraction of sp³-hybridized carbons (Fsp3) is 0.909. The summed E-state index contributed by atoms with van der Waals surface area (Å²) in [6.45, 7) is 6.79. The molecule has 1 fully saturated rings. The van der Waals surface area contributed by atoms with Crippen molar-refractivity contribution in [3.05, 3.63) is 0 Å². The Morgan fingerprint density at radius 1 is 1.38 bits per heavy atom. The monoisotopic (exact) mass is 183 g/mol. The van der Waals surface area contributed by atoms with Crippen LogP contribution in [-0.4, -0.2) is 30.3 Å². The predicted molar refractivity (Wildman–Crippen MR) is 54.7 cm³/mol. The molecule has 1 atom stereocenters. The van der Waals surface area contributed by atoms with Crippen LogP contribution in [0.1, 0.15) is 33.6 Å². The van der Waals surface area contributed by atoms with Crippen LogP contribution >= 0.6 is 0 Å². The standard InChI is InChI=1S/C11H21NO/c1-8(2)11(13)7-12(4)9(3)10-5-6-10/h8-10H,5-7H2,1-4H3. The molecular weight excluding hydrogens is 162 g/mol. The van der Waals surface area contributed by atoms with Crippen LogP contribution in [0.2, 0.25) is 0 Å². The molecule has 0 N–H and O–H groups in total. The molecule has 0 aromatic rings. The summed E-state index contributed by atoms with van der Waals surface area (Å²) in [5, 5.41) is 0. The number of nitrogens with zero attached hydrogens (tertiary/aromatic N) is 1. The molecule has 0 saturated heterocycles. The third kappa shape index (κ3) is 3.11. The molecule has 1 aliphatic carbocycles. The van der Waals surface area contributed by atoms with Crippen LogP contribution in [0.5, 0.6) is 0 Å². The minimum atomic E-state index is 0.175. The molecule has 0 radical (unpaired) electrons. The van der Waals surface area contributed by atoms with Gasteiger partial charge in [-0.15, -0.1) is 0 Å². The molecule has 0 aromatic carbocycles. The summed E-state index contributed by atoms with van der Waals surface area (Å²) in [6, 6.07) is 0.586. The van der Waals surface area contributed by atoms with E-state index in [-0.39, 0.29) is 5.92 Å². The molecule has 1 aliphatic rings. The molecule has 2 heteroatoms. The van der Waals surface area contributed by atoms with Crippen molar-refractivity contribution >= 4 is 5.78 Å². The fourth-order valence-corrected chi connectivity index (χ4v) is 1.51. The van der Waals surface area contributed by atoms with Gasteiger partial charge in [0.25, 0.3) is 0 Å². The van der Waals surface area contributed by atoms with Gasteiger partial charge in [0.2, 0.25) is 0 Å². The Balaban J connectivity index is 2.30. The van der Waals surface area contributed by atoms with Gasteiger partial charge in [0.05, 0.1) is 6.54 Å². The van der Waals surface area contributed by atoms with E-state index in [2.05, 4.69) is 18.9 Å². The average molecular weight is 183 g/mol. The van der Waals surface area contributed by atoms with Gasteiger partial charge in [-0.25, -0.2) is 0 Å². The number of carbonyl (C=O) groups excluding carboxylic acids is 1. The smallest absolute Gasteiger partial charge is 0.149 e. The summed E-state index contributed by atoms with van der Waals surface area (Å²) >= 11 is 0. The number of Topliss-reactive ketones (excluding diaryl/α,β-unsaturated/α-hetero) is 1. The molecule has 2 nitrogen and oxygen atoms in total. The lowest BCUT2D eigenvalue weighted by Crippen LogP contribution is -2.36. The Hall–Kier alpha value is -0.370. The van der Waals surface area contributed by atoms with Crippen molar-refractivity contribution in [1.82, 2.24) is 4.90 Å². The first-order chi connectivity index (χ1) is 6.02. The maximum Gasteiger partial charge on any atom is 0.149 e. The highest BCUT2D eigenvalue weighted by Crippen LogP contribution is 2.34. The van der Waals surface area contributed by atoms with Crippen molar-refractivity contribution < 1.29 is 4.79 Å². The molecule has 0 aromatic heterocycles. The van der Waals surface area contributed by atoms with E-state index in [4.69, 9.17) is 0 Å². The van der Waals surface area contributed by atoms with Crippen LogP contribution in [0, 0.1) is 11.8 Å². The van der Waals surface area contributed by atoms with E-state index in [9.17, 15) is 4.79 Å². The van der Waals surface area contributed by atoms with Gasteiger partial charge in [0.15, 0.2) is 0 Å². The van der Waals surface area contributed by atoms with E-state index in [1.807, 2.05) is 13.8 Å². The van der Waals surface area contributed by atoms with Crippen molar-refractivity contribution in [2.75, 3.05) is 13.6 Å². The summed E-state index contributed by atoms with van der Waals surface area (Å²) in [5.41, 5.74) is 0. The Morgan fingerprint density at radius 2 is 1.92 bits per heavy atom. The first-order valence-corrected chi connectivity index (χ1v) is 5.25. The van der Waals surface area contributed by atoms with Crippen LogP contribution in [0.15, 0.2) is 0 Å². The number of ketones is 1. The number of carbonyl (C=O) groups is 1. The van der Waals surface area contributed by atoms with Crippen LogP contribution in [0.3, 0.4) is 0 Å². The van der Waals surface area contributed by atoms with E-state index in [0.29, 0.717) is 18.4 Å². The third-order valence-corrected chi connectivity index (χ3v) is 3.05. The van der Waals surface area contributed by atoms with Gasteiger partial charge in [0, 0.05) is 12.0 Å². The largest absolute Gasteiger partial charge is 0.298 e. The minimum absolute atomic E-state index is 0.175. The van der Waals surface area contributed by atoms with Crippen molar-refractivity contribution in [3.8, 4) is 0 Å². The van der Waals surface area contributed by atoms with Crippen LogP contribution in [0.4, 0.5) is 0 Å². The van der Waals surface area contributed by atoms with Gasteiger partial charge in [-0.1, -0.05) is 13.8 Å². The third-order valence-electron chi connectivity index (χ3n) is 3.05. The lowest BCUT2D eigenvalue weighted by Gasteiger charge is -2.24. The molecule has 0 spiro atoms. The van der Waals surface area contributed by atoms with Gasteiger partial charge >= 0.3 is 0 Å². The predicted octanol–water partition coefficient (Wildman–Crippen LogP) is 1.94. The van der Waals surface area contributed by atoms with Crippen molar-refractivity contribution in [2.45, 2.75) is 39.7 Å². The summed E-state index contributed by atoms with van der Waals surface area (Å²) in [5.74, 6) is 1.38. The van der Waals surface area contributed by atoms with Crippen molar-refractivity contribution in [3.63, 3.8) is 0 Å². The lowest BCUT2D eigenvalue weighted by molar-refractivity contribution is -0.123. The molecule has 13 heavy (non-hydrogen) atoms. The van der Waals surface area contributed by atoms with E-state index in [1.54, 1.807) is 0 Å². The zero-order valence-electron chi connectivity index (χ0n) is 9.21. The first kappa shape index (κ1) is 10.7. The second-order valence-electron chi connectivity index (χ2n) is 4.61. The maximum atomic E-state index is 11.5. The number of hydrogen-bond donors (Lipinski definition) is 0. The molecule has 1 saturated carbocycles. The quantitative estimate of drug-likeness (QED) is 0.649. The fourth-order valence-electron chi connectivity index (χ4n) is 1.51.